The van der Waals surface area contributed by atoms with Gasteiger partial charge in [-0.15, -0.1) is 0 Å². The van der Waals surface area contributed by atoms with Gasteiger partial charge in [0.1, 0.15) is 0 Å². The highest BCUT2D eigenvalue weighted by atomic mass is 16.4. The zero-order valence-electron chi connectivity index (χ0n) is 12.2. The van der Waals surface area contributed by atoms with Crippen molar-refractivity contribution in [3.8, 4) is 0 Å². The van der Waals surface area contributed by atoms with Gasteiger partial charge in [0.15, 0.2) is 0 Å². The SMILES string of the molecule is CCCCCC=CCC=CCC=CCCCC(=O)O. The number of hydrogen-bond acceptors (Lipinski definition) is 1. The second-order valence-electron chi connectivity index (χ2n) is 4.67. The lowest BCUT2D eigenvalue weighted by Crippen LogP contribution is -1.92. The van der Waals surface area contributed by atoms with Gasteiger partial charge < -0.3 is 5.11 Å². The van der Waals surface area contributed by atoms with E-state index in [-0.39, 0.29) is 6.42 Å². The lowest BCUT2D eigenvalue weighted by molar-refractivity contribution is -0.137. The Hall–Kier alpha value is -1.31. The molecule has 0 spiro atoms. The largest absolute Gasteiger partial charge is 0.481 e. The van der Waals surface area contributed by atoms with Gasteiger partial charge in [-0.3, -0.25) is 4.79 Å². The van der Waals surface area contributed by atoms with E-state index < -0.39 is 5.97 Å². The van der Waals surface area contributed by atoms with Crippen LogP contribution in [-0.4, -0.2) is 11.1 Å². The van der Waals surface area contributed by atoms with Gasteiger partial charge in [0, 0.05) is 6.42 Å². The minimum Gasteiger partial charge on any atom is -0.481 e. The molecule has 0 fully saturated rings. The van der Waals surface area contributed by atoms with Crippen LogP contribution in [0.15, 0.2) is 36.5 Å². The summed E-state index contributed by atoms with van der Waals surface area (Å²) in [5, 5.41) is 8.46. The molecule has 0 amide bonds. The van der Waals surface area contributed by atoms with Gasteiger partial charge in [-0.05, 0) is 38.5 Å². The van der Waals surface area contributed by atoms with Crippen LogP contribution in [0.4, 0.5) is 0 Å². The van der Waals surface area contributed by atoms with Crippen molar-refractivity contribution >= 4 is 5.97 Å². The first kappa shape index (κ1) is 17.7. The van der Waals surface area contributed by atoms with Crippen molar-refractivity contribution in [1.82, 2.24) is 0 Å². The summed E-state index contributed by atoms with van der Waals surface area (Å²) in [6.07, 6.45) is 21.9. The summed E-state index contributed by atoms with van der Waals surface area (Å²) >= 11 is 0. The fraction of sp³-hybridized carbons (Fsp3) is 0.588. The monoisotopic (exact) mass is 264 g/mol. The minimum absolute atomic E-state index is 0.267. The van der Waals surface area contributed by atoms with Crippen molar-refractivity contribution in [1.29, 1.82) is 0 Å². The number of unbranched alkanes of at least 4 members (excludes halogenated alkanes) is 4. The maximum Gasteiger partial charge on any atom is 0.303 e. The highest BCUT2D eigenvalue weighted by molar-refractivity contribution is 5.66. The first-order valence-electron chi connectivity index (χ1n) is 7.44. The average Bonchev–Trinajstić information content (AvgIpc) is 2.39. The Kier molecular flexibility index (Phi) is 13.7. The van der Waals surface area contributed by atoms with Crippen molar-refractivity contribution in [2.75, 3.05) is 0 Å². The van der Waals surface area contributed by atoms with Crippen LogP contribution in [0.1, 0.15) is 64.7 Å². The van der Waals surface area contributed by atoms with E-state index in [9.17, 15) is 4.79 Å². The van der Waals surface area contributed by atoms with Gasteiger partial charge in [-0.25, -0.2) is 0 Å². The maximum atomic E-state index is 10.3. The highest BCUT2D eigenvalue weighted by Crippen LogP contribution is 2.01. The molecule has 0 aliphatic rings. The molecule has 0 aromatic heterocycles. The summed E-state index contributed by atoms with van der Waals surface area (Å²) in [4.78, 5) is 10.3. The Bertz CT molecular complexity index is 288. The second-order valence-corrected chi connectivity index (χ2v) is 4.67. The molecule has 2 nitrogen and oxygen atoms in total. The number of allylic oxidation sites excluding steroid dienone is 6. The van der Waals surface area contributed by atoms with Gasteiger partial charge in [0.25, 0.3) is 0 Å². The molecule has 0 atom stereocenters. The predicted octanol–water partition coefficient (Wildman–Crippen LogP) is 5.27. The molecular weight excluding hydrogens is 236 g/mol. The summed E-state index contributed by atoms with van der Waals surface area (Å²) in [6, 6.07) is 0. The molecule has 0 aromatic carbocycles. The average molecular weight is 264 g/mol. The highest BCUT2D eigenvalue weighted by Gasteiger charge is 1.92. The van der Waals surface area contributed by atoms with Crippen LogP contribution in [0.25, 0.3) is 0 Å². The lowest BCUT2D eigenvalue weighted by atomic mass is 10.2. The topological polar surface area (TPSA) is 37.3 Å². The van der Waals surface area contributed by atoms with E-state index >= 15 is 0 Å². The first-order chi connectivity index (χ1) is 9.27. The molecule has 0 rings (SSSR count). The standard InChI is InChI=1S/C17H28O2/c1-2-3-4-5-6-7-8-9-10-11-12-13-14-15-16-17(18)19/h6-7,9-10,12-13H,2-5,8,11,14-16H2,1H3,(H,18,19). The van der Waals surface area contributed by atoms with Crippen molar-refractivity contribution in [3.05, 3.63) is 36.5 Å². The number of aliphatic carboxylic acids is 1. The van der Waals surface area contributed by atoms with E-state index in [1.165, 1.54) is 25.7 Å². The molecular formula is C17H28O2. The molecule has 0 heterocycles. The summed E-state index contributed by atoms with van der Waals surface area (Å²) in [6.45, 7) is 2.22. The summed E-state index contributed by atoms with van der Waals surface area (Å²) < 4.78 is 0. The molecule has 0 aromatic rings. The fourth-order valence-electron chi connectivity index (χ4n) is 1.66. The zero-order valence-corrected chi connectivity index (χ0v) is 12.2. The Morgan fingerprint density at radius 1 is 0.842 bits per heavy atom. The van der Waals surface area contributed by atoms with Gasteiger partial charge >= 0.3 is 5.97 Å². The molecule has 0 bridgehead atoms. The van der Waals surface area contributed by atoms with Crippen LogP contribution in [-0.2, 0) is 4.79 Å². The van der Waals surface area contributed by atoms with Crippen LogP contribution >= 0.6 is 0 Å². The molecule has 2 heteroatoms. The number of hydrogen-bond donors (Lipinski definition) is 1. The Morgan fingerprint density at radius 2 is 1.37 bits per heavy atom. The van der Waals surface area contributed by atoms with Crippen molar-refractivity contribution in [3.63, 3.8) is 0 Å². The molecule has 1 N–H and O–H groups in total. The smallest absolute Gasteiger partial charge is 0.303 e. The number of carboxylic acids is 1. The Labute approximate surface area is 117 Å². The Morgan fingerprint density at radius 3 is 1.89 bits per heavy atom. The third-order valence-corrected chi connectivity index (χ3v) is 2.78. The number of carboxylic acid groups (broad SMARTS) is 1. The number of rotatable bonds is 12. The molecule has 19 heavy (non-hydrogen) atoms. The second kappa shape index (κ2) is 14.7. The van der Waals surface area contributed by atoms with Crippen molar-refractivity contribution in [2.45, 2.75) is 64.7 Å². The molecule has 0 aliphatic heterocycles. The summed E-state index contributed by atoms with van der Waals surface area (Å²) in [7, 11) is 0. The molecule has 0 saturated carbocycles. The number of carbonyl (C=O) groups is 1. The third kappa shape index (κ3) is 16.7. The fourth-order valence-corrected chi connectivity index (χ4v) is 1.66. The molecule has 0 aliphatic carbocycles. The summed E-state index contributed by atoms with van der Waals surface area (Å²) in [5.74, 6) is -0.709. The Balaban J connectivity index is 3.33. The van der Waals surface area contributed by atoms with Crippen LogP contribution in [0, 0.1) is 0 Å². The maximum absolute atomic E-state index is 10.3. The minimum atomic E-state index is -0.709. The first-order valence-corrected chi connectivity index (χ1v) is 7.44. The quantitative estimate of drug-likeness (QED) is 0.385. The van der Waals surface area contributed by atoms with Crippen LogP contribution in [0.5, 0.6) is 0 Å². The van der Waals surface area contributed by atoms with Crippen molar-refractivity contribution < 1.29 is 9.90 Å². The van der Waals surface area contributed by atoms with Gasteiger partial charge in [0.2, 0.25) is 0 Å². The van der Waals surface area contributed by atoms with Gasteiger partial charge in [-0.2, -0.15) is 0 Å². The van der Waals surface area contributed by atoms with E-state index in [0.29, 0.717) is 0 Å². The molecule has 108 valence electrons. The van der Waals surface area contributed by atoms with E-state index in [1.807, 2.05) is 0 Å². The van der Waals surface area contributed by atoms with Crippen LogP contribution in [0.2, 0.25) is 0 Å². The van der Waals surface area contributed by atoms with Gasteiger partial charge in [-0.1, -0.05) is 56.2 Å². The van der Waals surface area contributed by atoms with E-state index in [2.05, 4.69) is 43.4 Å². The van der Waals surface area contributed by atoms with E-state index in [1.54, 1.807) is 0 Å². The summed E-state index contributed by atoms with van der Waals surface area (Å²) in [5.41, 5.74) is 0. The lowest BCUT2D eigenvalue weighted by Gasteiger charge is -1.91. The van der Waals surface area contributed by atoms with Crippen molar-refractivity contribution in [2.24, 2.45) is 0 Å². The van der Waals surface area contributed by atoms with Crippen LogP contribution < -0.4 is 0 Å². The molecule has 0 radical (unpaired) electrons. The van der Waals surface area contributed by atoms with E-state index in [4.69, 9.17) is 5.11 Å². The zero-order chi connectivity index (χ0) is 14.2. The predicted molar refractivity (Wildman–Crippen MR) is 82.3 cm³/mol. The normalized spacial score (nSPS) is 12.1. The van der Waals surface area contributed by atoms with E-state index in [0.717, 1.165) is 25.7 Å². The van der Waals surface area contributed by atoms with Crippen LogP contribution in [0.3, 0.4) is 0 Å². The molecule has 0 unspecified atom stereocenters. The molecule has 0 saturated heterocycles. The third-order valence-electron chi connectivity index (χ3n) is 2.78. The van der Waals surface area contributed by atoms with Gasteiger partial charge in [0.05, 0.1) is 0 Å².